The monoisotopic (exact) mass is 376 g/mol. The van der Waals surface area contributed by atoms with Gasteiger partial charge in [0.15, 0.2) is 0 Å². The van der Waals surface area contributed by atoms with Gasteiger partial charge < -0.3 is 24.0 Å². The Bertz CT molecular complexity index is 658. The van der Waals surface area contributed by atoms with E-state index in [9.17, 15) is 9.59 Å². The van der Waals surface area contributed by atoms with Crippen LogP contribution in [0, 0.1) is 5.92 Å². The van der Waals surface area contributed by atoms with Crippen LogP contribution in [0.15, 0.2) is 30.3 Å². The third-order valence-electron chi connectivity index (χ3n) is 4.56. The van der Waals surface area contributed by atoms with Crippen LogP contribution in [0.4, 0.5) is 9.59 Å². The Balaban J connectivity index is 1.64. The van der Waals surface area contributed by atoms with Crippen LogP contribution >= 0.6 is 0 Å². The minimum absolute atomic E-state index is 0.0364. The Morgan fingerprint density at radius 3 is 2.52 bits per heavy atom. The minimum atomic E-state index is -0.563. The number of carbonyl (C=O) groups excluding carboxylic acids is 2. The predicted molar refractivity (Wildman–Crippen MR) is 99.2 cm³/mol. The van der Waals surface area contributed by atoms with E-state index in [2.05, 4.69) is 0 Å². The van der Waals surface area contributed by atoms with Crippen LogP contribution in [-0.2, 0) is 20.8 Å². The second kappa shape index (κ2) is 8.17. The van der Waals surface area contributed by atoms with Crippen molar-refractivity contribution >= 4 is 12.2 Å². The number of fused-ring (bicyclic) bond motifs is 3. The molecule has 27 heavy (non-hydrogen) atoms. The molecule has 2 heterocycles. The predicted octanol–water partition coefficient (Wildman–Crippen LogP) is 2.89. The molecule has 0 N–H and O–H groups in total. The van der Waals surface area contributed by atoms with Crippen molar-refractivity contribution in [3.63, 3.8) is 0 Å². The van der Waals surface area contributed by atoms with Gasteiger partial charge in [-0.25, -0.2) is 9.59 Å². The molecule has 2 saturated heterocycles. The van der Waals surface area contributed by atoms with E-state index in [0.717, 1.165) is 5.56 Å². The van der Waals surface area contributed by atoms with E-state index < -0.39 is 5.60 Å². The lowest BCUT2D eigenvalue weighted by Crippen LogP contribution is -2.49. The van der Waals surface area contributed by atoms with Gasteiger partial charge in [-0.05, 0) is 26.3 Å². The lowest BCUT2D eigenvalue weighted by molar-refractivity contribution is 0.00715. The number of carbonyl (C=O) groups is 2. The fourth-order valence-corrected chi connectivity index (χ4v) is 3.35. The highest BCUT2D eigenvalue weighted by atomic mass is 16.6. The first-order valence-corrected chi connectivity index (χ1v) is 9.35. The van der Waals surface area contributed by atoms with Crippen molar-refractivity contribution in [3.8, 4) is 0 Å². The van der Waals surface area contributed by atoms with Crippen molar-refractivity contribution in [2.75, 3.05) is 32.8 Å². The molecule has 0 saturated carbocycles. The van der Waals surface area contributed by atoms with E-state index in [4.69, 9.17) is 14.2 Å². The summed E-state index contributed by atoms with van der Waals surface area (Å²) in [5, 5.41) is 0. The number of hydrogen-bond acceptors (Lipinski definition) is 5. The molecule has 0 aliphatic carbocycles. The Kier molecular flexibility index (Phi) is 5.89. The summed E-state index contributed by atoms with van der Waals surface area (Å²) in [6.07, 6.45) is -0.718. The van der Waals surface area contributed by atoms with Crippen molar-refractivity contribution in [3.05, 3.63) is 35.9 Å². The number of rotatable bonds is 2. The Morgan fingerprint density at radius 1 is 1.07 bits per heavy atom. The topological polar surface area (TPSA) is 68.3 Å². The zero-order chi connectivity index (χ0) is 19.4. The molecule has 2 fully saturated rings. The Labute approximate surface area is 160 Å². The molecule has 1 aromatic carbocycles. The average Bonchev–Trinajstić information content (AvgIpc) is 2.90. The van der Waals surface area contributed by atoms with Crippen molar-refractivity contribution in [2.24, 2.45) is 5.92 Å². The maximum atomic E-state index is 12.6. The maximum absolute atomic E-state index is 12.6. The molecule has 3 rings (SSSR count). The van der Waals surface area contributed by atoms with Gasteiger partial charge in [0.2, 0.25) is 0 Å². The summed E-state index contributed by atoms with van der Waals surface area (Å²) in [6.45, 7) is 8.07. The summed E-state index contributed by atoms with van der Waals surface area (Å²) < 4.78 is 16.7. The van der Waals surface area contributed by atoms with E-state index in [-0.39, 0.29) is 30.8 Å². The molecule has 2 aliphatic heterocycles. The smallest absolute Gasteiger partial charge is 0.410 e. The van der Waals surface area contributed by atoms with Gasteiger partial charge in [0, 0.05) is 25.6 Å². The van der Waals surface area contributed by atoms with Crippen molar-refractivity contribution < 1.29 is 23.8 Å². The highest BCUT2D eigenvalue weighted by Crippen LogP contribution is 2.23. The van der Waals surface area contributed by atoms with E-state index in [1.807, 2.05) is 51.1 Å². The quantitative estimate of drug-likeness (QED) is 0.794. The fourth-order valence-electron chi connectivity index (χ4n) is 3.35. The zero-order valence-corrected chi connectivity index (χ0v) is 16.2. The van der Waals surface area contributed by atoms with Crippen LogP contribution < -0.4 is 0 Å². The first-order chi connectivity index (χ1) is 12.8. The highest BCUT2D eigenvalue weighted by Gasteiger charge is 2.39. The summed E-state index contributed by atoms with van der Waals surface area (Å²) in [6, 6.07) is 9.35. The summed E-state index contributed by atoms with van der Waals surface area (Å²) in [5.74, 6) is 0.0364. The van der Waals surface area contributed by atoms with E-state index in [0.29, 0.717) is 32.8 Å². The fraction of sp³-hybridized carbons (Fsp3) is 0.600. The van der Waals surface area contributed by atoms with Crippen molar-refractivity contribution in [2.45, 2.75) is 39.0 Å². The third kappa shape index (κ3) is 5.35. The van der Waals surface area contributed by atoms with Crippen LogP contribution in [0.5, 0.6) is 0 Å². The lowest BCUT2D eigenvalue weighted by atomic mass is 10.1. The molecular weight excluding hydrogens is 348 g/mol. The minimum Gasteiger partial charge on any atom is -0.445 e. The first-order valence-electron chi connectivity index (χ1n) is 9.35. The van der Waals surface area contributed by atoms with Crippen molar-refractivity contribution in [1.29, 1.82) is 0 Å². The number of ether oxygens (including phenoxy) is 3. The molecule has 2 bridgehead atoms. The largest absolute Gasteiger partial charge is 0.445 e. The summed E-state index contributed by atoms with van der Waals surface area (Å²) >= 11 is 0. The van der Waals surface area contributed by atoms with Gasteiger partial charge in [0.1, 0.15) is 12.2 Å². The van der Waals surface area contributed by atoms with E-state index in [1.165, 1.54) is 0 Å². The van der Waals surface area contributed by atoms with Crippen LogP contribution in [0.3, 0.4) is 0 Å². The molecule has 7 nitrogen and oxygen atoms in total. The summed E-state index contributed by atoms with van der Waals surface area (Å²) in [4.78, 5) is 28.6. The molecular formula is C20H28N2O5. The second-order valence-electron chi connectivity index (χ2n) is 8.14. The molecule has 1 aromatic rings. The number of nitrogens with zero attached hydrogens (tertiary/aromatic N) is 2. The normalized spacial score (nSPS) is 22.8. The first kappa shape index (κ1) is 19.5. The zero-order valence-electron chi connectivity index (χ0n) is 16.2. The number of amides is 2. The van der Waals surface area contributed by atoms with Crippen LogP contribution in [0.2, 0.25) is 0 Å². The summed E-state index contributed by atoms with van der Waals surface area (Å²) in [5.41, 5.74) is 0.381. The molecule has 148 valence electrons. The van der Waals surface area contributed by atoms with Crippen LogP contribution in [0.1, 0.15) is 26.3 Å². The van der Waals surface area contributed by atoms with Gasteiger partial charge in [0.25, 0.3) is 0 Å². The standard InChI is InChI=1S/C20H28N2O5/c1-20(2,3)27-19(24)22-10-16-9-21(11-17(22)14-25-12-16)18(23)26-13-15-7-5-4-6-8-15/h4-8,16-17H,9-14H2,1-3H3. The maximum Gasteiger partial charge on any atom is 0.410 e. The molecule has 2 amide bonds. The van der Waals surface area contributed by atoms with E-state index in [1.54, 1.807) is 9.80 Å². The third-order valence-corrected chi connectivity index (χ3v) is 4.56. The highest BCUT2D eigenvalue weighted by molar-refractivity contribution is 5.70. The molecule has 0 radical (unpaired) electrons. The van der Waals surface area contributed by atoms with Crippen molar-refractivity contribution in [1.82, 2.24) is 9.80 Å². The second-order valence-corrected chi connectivity index (χ2v) is 8.14. The van der Waals surface area contributed by atoms with Gasteiger partial charge in [-0.1, -0.05) is 30.3 Å². The van der Waals surface area contributed by atoms with Crippen LogP contribution in [-0.4, -0.2) is 66.5 Å². The molecule has 2 unspecified atom stereocenters. The molecule has 0 spiro atoms. The Hall–Kier alpha value is -2.28. The van der Waals surface area contributed by atoms with Crippen LogP contribution in [0.25, 0.3) is 0 Å². The molecule has 2 aliphatic rings. The lowest BCUT2D eigenvalue weighted by Gasteiger charge is -2.32. The average molecular weight is 376 g/mol. The molecule has 0 aromatic heterocycles. The Morgan fingerprint density at radius 2 is 1.81 bits per heavy atom. The van der Waals surface area contributed by atoms with Gasteiger partial charge in [-0.3, -0.25) is 0 Å². The number of benzene rings is 1. The van der Waals surface area contributed by atoms with E-state index >= 15 is 0 Å². The van der Waals surface area contributed by atoms with Gasteiger partial charge in [-0.15, -0.1) is 0 Å². The van der Waals surface area contributed by atoms with Gasteiger partial charge >= 0.3 is 12.2 Å². The summed E-state index contributed by atoms with van der Waals surface area (Å²) in [7, 11) is 0. The number of hydrogen-bond donors (Lipinski definition) is 0. The molecule has 7 heteroatoms. The SMILES string of the molecule is CC(C)(C)OC(=O)N1CC2COCC1CN(C(=O)OCc1ccccc1)C2. The van der Waals surface area contributed by atoms with Gasteiger partial charge in [0.05, 0.1) is 19.3 Å². The van der Waals surface area contributed by atoms with Gasteiger partial charge in [-0.2, -0.15) is 0 Å². The molecule has 2 atom stereocenters.